The van der Waals surface area contributed by atoms with Crippen LogP contribution < -0.4 is 15.6 Å². The Hall–Kier alpha value is -3.05. The van der Waals surface area contributed by atoms with Gasteiger partial charge in [0.05, 0.1) is 19.5 Å². The van der Waals surface area contributed by atoms with Gasteiger partial charge in [-0.15, -0.1) is 0 Å². The number of carbonyl (C=O) groups excluding carboxylic acids is 1. The Morgan fingerprint density at radius 2 is 1.56 bits per heavy atom. The van der Waals surface area contributed by atoms with Crippen molar-refractivity contribution in [1.82, 2.24) is 24.4 Å². The number of hydrogen-bond acceptors (Lipinski definition) is 17. The molecule has 2 fully saturated rings. The summed E-state index contributed by atoms with van der Waals surface area (Å²) < 4.78 is 52.3. The maximum atomic E-state index is 12.5. The van der Waals surface area contributed by atoms with Crippen molar-refractivity contribution >= 4 is 38.5 Å². The molecule has 0 radical (unpaired) electrons. The molecule has 10 atom stereocenters. The van der Waals surface area contributed by atoms with Gasteiger partial charge in [-0.1, -0.05) is 20.8 Å². The summed E-state index contributed by atoms with van der Waals surface area (Å²) in [7, 11) is -9.12. The lowest BCUT2D eigenvalue weighted by molar-refractivity contribution is -0.765. The van der Waals surface area contributed by atoms with Crippen LogP contribution in [0.5, 0.6) is 0 Å². The van der Waals surface area contributed by atoms with Crippen molar-refractivity contribution in [2.75, 3.05) is 45.2 Å². The molecule has 0 aliphatic carbocycles. The zero-order chi connectivity index (χ0) is 38.4. The Balaban J connectivity index is 0.000000785. The molecular formula is C28H45N8O14P2+. The first-order valence-electron chi connectivity index (χ1n) is 16.1. The van der Waals surface area contributed by atoms with Crippen LogP contribution in [0.4, 0.5) is 5.82 Å². The molecule has 9 N–H and O–H groups in total. The Labute approximate surface area is 297 Å². The van der Waals surface area contributed by atoms with E-state index < -0.39 is 83.8 Å². The van der Waals surface area contributed by atoms with E-state index in [1.165, 1.54) is 65.9 Å². The number of nitrogens with zero attached hydrogens (tertiary/aromatic N) is 6. The highest BCUT2D eigenvalue weighted by Gasteiger charge is 2.50. The summed E-state index contributed by atoms with van der Waals surface area (Å²) in [6.07, 6.45) is -6.59. The molecule has 290 valence electrons. The fraction of sp³-hybridized carbons (Fsp3) is 0.607. The molecule has 3 aromatic heterocycles. The van der Waals surface area contributed by atoms with Crippen LogP contribution in [0.25, 0.3) is 11.2 Å². The van der Waals surface area contributed by atoms with Crippen LogP contribution in [-0.2, 0) is 32.0 Å². The number of nitrogens with one attached hydrogen (secondary N) is 1. The van der Waals surface area contributed by atoms with Crippen molar-refractivity contribution < 1.29 is 71.5 Å². The molecule has 0 aromatic carbocycles. The second-order valence-electron chi connectivity index (χ2n) is 11.5. The lowest BCUT2D eigenvalue weighted by Gasteiger charge is -2.20. The molecule has 2 unspecified atom stereocenters. The first-order chi connectivity index (χ1) is 24.6. The van der Waals surface area contributed by atoms with Gasteiger partial charge in [0.15, 0.2) is 36.2 Å². The highest BCUT2D eigenvalue weighted by atomic mass is 31.3. The number of phosphoric acid groups is 2. The maximum absolute atomic E-state index is 12.5. The summed E-state index contributed by atoms with van der Waals surface area (Å²) in [6.45, 7) is 8.35. The lowest BCUT2D eigenvalue weighted by Crippen LogP contribution is -2.46. The second-order valence-corrected chi connectivity index (χ2v) is 14.6. The summed E-state index contributed by atoms with van der Waals surface area (Å²) >= 11 is 0. The van der Waals surface area contributed by atoms with Crippen molar-refractivity contribution in [2.45, 2.75) is 69.9 Å². The molecule has 2 aliphatic rings. The Bertz CT molecular complexity index is 1750. The van der Waals surface area contributed by atoms with Crippen LogP contribution in [0.3, 0.4) is 0 Å². The summed E-state index contributed by atoms with van der Waals surface area (Å²) in [6, 6.07) is 2.84. The normalized spacial score (nSPS) is 28.3. The summed E-state index contributed by atoms with van der Waals surface area (Å²) in [5.41, 5.74) is 5.91. The van der Waals surface area contributed by atoms with Gasteiger partial charge in [-0.25, -0.2) is 24.1 Å². The number of hydrogen-bond donors (Lipinski definition) is 8. The Morgan fingerprint density at radius 1 is 0.962 bits per heavy atom. The second kappa shape index (κ2) is 17.9. The Kier molecular flexibility index (Phi) is 14.3. The average molecular weight is 780 g/mol. The summed E-state index contributed by atoms with van der Waals surface area (Å²) in [4.78, 5) is 46.2. The van der Waals surface area contributed by atoms with Crippen LogP contribution in [0, 0.1) is 0 Å². The van der Waals surface area contributed by atoms with E-state index in [2.05, 4.69) is 50.3 Å². The van der Waals surface area contributed by atoms with E-state index in [0.717, 1.165) is 0 Å². The number of rotatable bonds is 15. The number of anilines is 1. The van der Waals surface area contributed by atoms with Gasteiger partial charge in [0.25, 0.3) is 12.1 Å². The van der Waals surface area contributed by atoms with Crippen molar-refractivity contribution in [3.8, 4) is 0 Å². The zero-order valence-electron chi connectivity index (χ0n) is 28.7. The highest BCUT2D eigenvalue weighted by Crippen LogP contribution is 2.60. The zero-order valence-corrected chi connectivity index (χ0v) is 30.5. The van der Waals surface area contributed by atoms with E-state index in [4.69, 9.17) is 24.3 Å². The molecule has 24 heteroatoms. The number of imidazole rings is 1. The number of aliphatic hydroxyl groups is 4. The predicted octanol–water partition coefficient (Wildman–Crippen LogP) is -1.21. The molecule has 2 aliphatic heterocycles. The van der Waals surface area contributed by atoms with Gasteiger partial charge >= 0.3 is 15.6 Å². The molecule has 5 heterocycles. The van der Waals surface area contributed by atoms with E-state index >= 15 is 0 Å². The smallest absolute Gasteiger partial charge is 0.387 e. The molecule has 3 aromatic rings. The number of primary amides is 1. The van der Waals surface area contributed by atoms with E-state index in [9.17, 15) is 44.1 Å². The third kappa shape index (κ3) is 9.92. The number of aromatic nitrogens is 5. The molecule has 0 bridgehead atoms. The average Bonchev–Trinajstić information content (AvgIpc) is 3.76. The highest BCUT2D eigenvalue weighted by molar-refractivity contribution is 7.61. The van der Waals surface area contributed by atoms with Gasteiger partial charge < -0.3 is 55.6 Å². The third-order valence-corrected chi connectivity index (χ3v) is 10.9. The van der Waals surface area contributed by atoms with E-state index in [1.807, 2.05) is 0 Å². The molecule has 0 spiro atoms. The topological polar surface area (TPSA) is 308 Å². The number of phosphoric ester groups is 2. The van der Waals surface area contributed by atoms with Gasteiger partial charge in [-0.2, -0.15) is 8.88 Å². The van der Waals surface area contributed by atoms with Crippen LogP contribution in [0.2, 0.25) is 0 Å². The van der Waals surface area contributed by atoms with Crippen molar-refractivity contribution in [3.05, 3.63) is 42.7 Å². The number of ether oxygens (including phenoxy) is 2. The van der Waals surface area contributed by atoms with E-state index in [-0.39, 0.29) is 11.2 Å². The minimum absolute atomic E-state index is 0.0721. The molecule has 52 heavy (non-hydrogen) atoms. The number of fused-ring (bicyclic) bond motifs is 1. The molecule has 22 nitrogen and oxygen atoms in total. The maximum Gasteiger partial charge on any atom is 0.481 e. The van der Waals surface area contributed by atoms with Gasteiger partial charge in [0.2, 0.25) is 0 Å². The fourth-order valence-electron chi connectivity index (χ4n) is 5.41. The monoisotopic (exact) mass is 779 g/mol. The molecule has 2 saturated heterocycles. The van der Waals surface area contributed by atoms with Crippen molar-refractivity contribution in [3.63, 3.8) is 0 Å². The van der Waals surface area contributed by atoms with Crippen molar-refractivity contribution in [2.24, 2.45) is 5.73 Å². The van der Waals surface area contributed by atoms with Crippen LogP contribution in [0.1, 0.15) is 43.6 Å². The number of pyridine rings is 1. The number of amides is 1. The van der Waals surface area contributed by atoms with Crippen LogP contribution in [-0.4, -0.2) is 137 Å². The van der Waals surface area contributed by atoms with Crippen LogP contribution in [0.15, 0.2) is 37.2 Å². The minimum atomic E-state index is -5.37. The Morgan fingerprint density at radius 3 is 2.12 bits per heavy atom. The van der Waals surface area contributed by atoms with Gasteiger partial charge in [0.1, 0.15) is 47.9 Å². The number of carbonyl (C=O) groups is 1. The van der Waals surface area contributed by atoms with Gasteiger partial charge in [-0.05, 0) is 25.7 Å². The number of aliphatic hydroxyl groups excluding tert-OH is 4. The fourth-order valence-corrected chi connectivity index (χ4v) is 7.50. The minimum Gasteiger partial charge on any atom is -0.387 e. The lowest BCUT2D eigenvalue weighted by atomic mass is 10.1. The third-order valence-electron chi connectivity index (χ3n) is 8.30. The van der Waals surface area contributed by atoms with Crippen LogP contribution >= 0.6 is 15.6 Å². The number of nitrogens with two attached hydrogens (primary N) is 1. The quantitative estimate of drug-likeness (QED) is 0.0663. The first kappa shape index (κ1) is 41.7. The predicted molar refractivity (Wildman–Crippen MR) is 178 cm³/mol. The standard InChI is InChI=1S/C22H29N7O14P2.C6H15N/c1-24-19-13-20(26-8-25-19)29(9-27-13)22-17(33)15(31)12(42-22)7-40-45(37,38)43-44(35,36)39-6-11-14(30)16(32)21(41-11)28-4-2-3-10(5-28)18(23)34;1-4-7(5-2)6-3/h2-5,8-9,11-12,14-17,21-22,30-33H,6-7H2,1H3,(H4-,23,24,25,26,34,35,36,37,38);4-6H2,1-3H3/p+1/t11-,12-,14-,15-,16-,17-,21-,22-;/m1./s1. The van der Waals surface area contributed by atoms with E-state index in [1.54, 1.807) is 7.05 Å². The summed E-state index contributed by atoms with van der Waals surface area (Å²) in [5, 5.41) is 44.6. The van der Waals surface area contributed by atoms with E-state index in [0.29, 0.717) is 11.3 Å². The van der Waals surface area contributed by atoms with Crippen molar-refractivity contribution in [1.29, 1.82) is 0 Å². The first-order valence-corrected chi connectivity index (χ1v) is 19.1. The summed E-state index contributed by atoms with van der Waals surface area (Å²) in [5.74, 6) is -0.374. The molecular weight excluding hydrogens is 734 g/mol. The SMILES string of the molecule is CCN(CC)CC.CNc1ncnc2c1ncn2[C@@H]1O[C@H](COP(=O)(O)OP(=O)(O)OC[C@H]2O[C@@H]([n+]3cccc(C(N)=O)c3)[C@H](O)[C@@H]2O)[C@@H](O)[C@H]1O. The molecule has 1 amide bonds. The molecule has 0 saturated carbocycles. The largest absolute Gasteiger partial charge is 0.481 e. The van der Waals surface area contributed by atoms with Gasteiger partial charge in [0, 0.05) is 13.1 Å². The molecule has 5 rings (SSSR count). The van der Waals surface area contributed by atoms with Gasteiger partial charge in [-0.3, -0.25) is 18.4 Å².